The van der Waals surface area contributed by atoms with E-state index in [9.17, 15) is 0 Å². The molecule has 1 nitrogen and oxygen atoms in total. The summed E-state index contributed by atoms with van der Waals surface area (Å²) in [4.78, 5) is 0. The molecule has 0 aromatic heterocycles. The first kappa shape index (κ1) is 8.27. The molecule has 0 amide bonds. The normalized spacial score (nSPS) is 21.1. The van der Waals surface area contributed by atoms with Gasteiger partial charge in [-0.1, -0.05) is 22.0 Å². The van der Waals surface area contributed by atoms with Crippen molar-refractivity contribution in [1.82, 2.24) is 0 Å². The predicted molar refractivity (Wildman–Crippen MR) is 54.1 cm³/mol. The Hall–Kier alpha value is -0.340. The van der Waals surface area contributed by atoms with Crippen molar-refractivity contribution in [2.75, 3.05) is 0 Å². The number of nitrogens with two attached hydrogens (primary N) is 1. The van der Waals surface area contributed by atoms with Gasteiger partial charge in [-0.3, -0.25) is 0 Å². The number of fused-ring (bicyclic) bond motifs is 1. The Kier molecular flexibility index (Phi) is 1.97. The summed E-state index contributed by atoms with van der Waals surface area (Å²) in [5.41, 5.74) is 10.1. The van der Waals surface area contributed by atoms with Gasteiger partial charge in [-0.2, -0.15) is 0 Å². The number of halogens is 1. The molecule has 0 radical (unpaired) electrons. The molecule has 2 N–H and O–H groups in total. The summed E-state index contributed by atoms with van der Waals surface area (Å²) in [6.45, 7) is 2.13. The Bertz CT molecular complexity index is 320. The van der Waals surface area contributed by atoms with Crippen LogP contribution in [0.1, 0.15) is 29.2 Å². The zero-order valence-electron chi connectivity index (χ0n) is 7.10. The van der Waals surface area contributed by atoms with Crippen LogP contribution in [0, 0.1) is 6.92 Å². The average molecular weight is 226 g/mol. The van der Waals surface area contributed by atoms with Crippen molar-refractivity contribution in [2.45, 2.75) is 25.8 Å². The third-order valence-electron chi connectivity index (χ3n) is 2.63. The van der Waals surface area contributed by atoms with Crippen LogP contribution in [0.3, 0.4) is 0 Å². The summed E-state index contributed by atoms with van der Waals surface area (Å²) in [6.07, 6.45) is 2.25. The minimum absolute atomic E-state index is 0.262. The first-order chi connectivity index (χ1) is 5.70. The lowest BCUT2D eigenvalue weighted by Crippen LogP contribution is -2.07. The van der Waals surface area contributed by atoms with Gasteiger partial charge < -0.3 is 5.73 Å². The van der Waals surface area contributed by atoms with Gasteiger partial charge in [0.1, 0.15) is 0 Å². The number of rotatable bonds is 0. The molecule has 1 atom stereocenters. The highest BCUT2D eigenvalue weighted by atomic mass is 79.9. The molecule has 64 valence electrons. The van der Waals surface area contributed by atoms with Gasteiger partial charge in [0.05, 0.1) is 0 Å². The monoisotopic (exact) mass is 225 g/mol. The van der Waals surface area contributed by atoms with Crippen molar-refractivity contribution in [1.29, 1.82) is 0 Å². The molecule has 2 heteroatoms. The molecule has 0 saturated carbocycles. The van der Waals surface area contributed by atoms with Gasteiger partial charge in [-0.25, -0.2) is 0 Å². The molecule has 12 heavy (non-hydrogen) atoms. The van der Waals surface area contributed by atoms with E-state index in [0.29, 0.717) is 0 Å². The molecule has 0 bridgehead atoms. The summed E-state index contributed by atoms with van der Waals surface area (Å²) in [7, 11) is 0. The van der Waals surface area contributed by atoms with Crippen LogP contribution >= 0.6 is 15.9 Å². The van der Waals surface area contributed by atoms with Gasteiger partial charge in [0.15, 0.2) is 0 Å². The fourth-order valence-electron chi connectivity index (χ4n) is 1.95. The maximum Gasteiger partial charge on any atom is 0.0303 e. The van der Waals surface area contributed by atoms with Crippen molar-refractivity contribution >= 4 is 15.9 Å². The van der Waals surface area contributed by atoms with Gasteiger partial charge in [0.25, 0.3) is 0 Å². The molecule has 1 unspecified atom stereocenters. The molecule has 0 spiro atoms. The molecule has 0 fully saturated rings. The summed E-state index contributed by atoms with van der Waals surface area (Å²) in [5.74, 6) is 0. The molecule has 1 aliphatic rings. The van der Waals surface area contributed by atoms with Crippen molar-refractivity contribution in [3.05, 3.63) is 33.3 Å². The standard InChI is InChI=1S/C10H12BrN/c1-6-8(11)4-2-7-3-5-9(12)10(6)7/h2,4,9H,3,5,12H2,1H3. The van der Waals surface area contributed by atoms with Crippen molar-refractivity contribution in [2.24, 2.45) is 5.73 Å². The van der Waals surface area contributed by atoms with Crippen LogP contribution in [-0.4, -0.2) is 0 Å². The highest BCUT2D eigenvalue weighted by Gasteiger charge is 2.21. The summed E-state index contributed by atoms with van der Waals surface area (Å²) < 4.78 is 1.18. The maximum absolute atomic E-state index is 6.00. The van der Waals surface area contributed by atoms with E-state index in [-0.39, 0.29) is 6.04 Å². The fourth-order valence-corrected chi connectivity index (χ4v) is 2.29. The third kappa shape index (κ3) is 1.10. The lowest BCUT2D eigenvalue weighted by atomic mass is 10.0. The maximum atomic E-state index is 6.00. The van der Waals surface area contributed by atoms with E-state index in [1.165, 1.54) is 21.2 Å². The van der Waals surface area contributed by atoms with Crippen LogP contribution in [-0.2, 0) is 6.42 Å². The van der Waals surface area contributed by atoms with Crippen molar-refractivity contribution < 1.29 is 0 Å². The largest absolute Gasteiger partial charge is 0.324 e. The molecular formula is C10H12BrN. The number of hydrogen-bond acceptors (Lipinski definition) is 1. The quantitative estimate of drug-likeness (QED) is 0.723. The van der Waals surface area contributed by atoms with E-state index < -0.39 is 0 Å². The number of hydrogen-bond donors (Lipinski definition) is 1. The minimum Gasteiger partial charge on any atom is -0.324 e. The fraction of sp³-hybridized carbons (Fsp3) is 0.400. The van der Waals surface area contributed by atoms with Gasteiger partial charge in [-0.15, -0.1) is 0 Å². The number of benzene rings is 1. The molecule has 1 aromatic rings. The zero-order chi connectivity index (χ0) is 8.72. The van der Waals surface area contributed by atoms with E-state index in [2.05, 4.69) is 35.0 Å². The van der Waals surface area contributed by atoms with E-state index in [0.717, 1.165) is 12.8 Å². The lowest BCUT2D eigenvalue weighted by molar-refractivity contribution is 0.710. The predicted octanol–water partition coefficient (Wildman–Crippen LogP) is 2.70. The second kappa shape index (κ2) is 2.86. The molecular weight excluding hydrogens is 214 g/mol. The van der Waals surface area contributed by atoms with Crippen LogP contribution in [0.15, 0.2) is 16.6 Å². The van der Waals surface area contributed by atoms with Crippen molar-refractivity contribution in [3.63, 3.8) is 0 Å². The van der Waals surface area contributed by atoms with Gasteiger partial charge >= 0.3 is 0 Å². The van der Waals surface area contributed by atoms with Crippen LogP contribution in [0.5, 0.6) is 0 Å². The first-order valence-electron chi connectivity index (χ1n) is 4.23. The third-order valence-corrected chi connectivity index (χ3v) is 3.49. The Labute approximate surface area is 81.1 Å². The average Bonchev–Trinajstić information content (AvgIpc) is 2.41. The van der Waals surface area contributed by atoms with E-state index in [4.69, 9.17) is 5.73 Å². The Morgan fingerprint density at radius 2 is 2.25 bits per heavy atom. The van der Waals surface area contributed by atoms with E-state index in [1.807, 2.05) is 0 Å². The van der Waals surface area contributed by atoms with Crippen molar-refractivity contribution in [3.8, 4) is 0 Å². The zero-order valence-corrected chi connectivity index (χ0v) is 8.69. The Morgan fingerprint density at radius 3 is 3.00 bits per heavy atom. The molecule has 2 rings (SSSR count). The Morgan fingerprint density at radius 1 is 1.50 bits per heavy atom. The second-order valence-electron chi connectivity index (χ2n) is 3.39. The van der Waals surface area contributed by atoms with Crippen LogP contribution in [0.25, 0.3) is 0 Å². The minimum atomic E-state index is 0.262. The molecule has 1 aliphatic carbocycles. The Balaban J connectivity index is 2.63. The van der Waals surface area contributed by atoms with Crippen LogP contribution < -0.4 is 5.73 Å². The lowest BCUT2D eigenvalue weighted by Gasteiger charge is -2.09. The van der Waals surface area contributed by atoms with E-state index in [1.54, 1.807) is 0 Å². The molecule has 1 aromatic carbocycles. The number of aryl methyl sites for hydroxylation is 1. The van der Waals surface area contributed by atoms with Gasteiger partial charge in [0, 0.05) is 10.5 Å². The second-order valence-corrected chi connectivity index (χ2v) is 4.24. The highest BCUT2D eigenvalue weighted by molar-refractivity contribution is 9.10. The van der Waals surface area contributed by atoms with E-state index >= 15 is 0 Å². The van der Waals surface area contributed by atoms with Crippen LogP contribution in [0.4, 0.5) is 0 Å². The summed E-state index contributed by atoms with van der Waals surface area (Å²) in [6, 6.07) is 4.56. The smallest absolute Gasteiger partial charge is 0.0303 e. The van der Waals surface area contributed by atoms with Crippen LogP contribution in [0.2, 0.25) is 0 Å². The highest BCUT2D eigenvalue weighted by Crippen LogP contribution is 2.34. The topological polar surface area (TPSA) is 26.0 Å². The molecule has 0 heterocycles. The molecule has 0 saturated heterocycles. The molecule has 0 aliphatic heterocycles. The summed E-state index contributed by atoms with van der Waals surface area (Å²) >= 11 is 3.52. The van der Waals surface area contributed by atoms with Gasteiger partial charge in [0.2, 0.25) is 0 Å². The SMILES string of the molecule is Cc1c(Br)ccc2c1C(N)CC2. The van der Waals surface area contributed by atoms with Gasteiger partial charge in [-0.05, 0) is 42.5 Å². The first-order valence-corrected chi connectivity index (χ1v) is 5.03. The summed E-state index contributed by atoms with van der Waals surface area (Å²) in [5, 5.41) is 0.